The van der Waals surface area contributed by atoms with Gasteiger partial charge >= 0.3 is 0 Å². The molecule has 0 unspecified atom stereocenters. The van der Waals surface area contributed by atoms with E-state index in [1.165, 1.54) is 17.2 Å². The molecule has 2 nitrogen and oxygen atoms in total. The quantitative estimate of drug-likeness (QED) is 0.821. The summed E-state index contributed by atoms with van der Waals surface area (Å²) < 4.78 is 13.8. The Morgan fingerprint density at radius 2 is 1.63 bits per heavy atom. The van der Waals surface area contributed by atoms with Gasteiger partial charge in [-0.2, -0.15) is 0 Å². The predicted octanol–water partition coefficient (Wildman–Crippen LogP) is 4.56. The normalized spacial score (nSPS) is 10.6. The lowest BCUT2D eigenvalue weighted by Crippen LogP contribution is -2.12. The summed E-state index contributed by atoms with van der Waals surface area (Å²) in [4.78, 5) is 1.96. The first-order valence-corrected chi connectivity index (χ1v) is 6.74. The number of halogens is 2. The van der Waals surface area contributed by atoms with Crippen molar-refractivity contribution in [2.75, 3.05) is 17.7 Å². The first kappa shape index (κ1) is 13.9. The molecule has 0 radical (unpaired) electrons. The minimum Gasteiger partial charge on any atom is -0.397 e. The molecule has 19 heavy (non-hydrogen) atoms. The molecule has 2 aromatic rings. The van der Waals surface area contributed by atoms with Crippen LogP contribution in [0.5, 0.6) is 0 Å². The Bertz CT molecular complexity index is 606. The van der Waals surface area contributed by atoms with Gasteiger partial charge in [-0.25, -0.2) is 4.39 Å². The molecule has 2 rings (SSSR count). The smallest absolute Gasteiger partial charge is 0.139 e. The van der Waals surface area contributed by atoms with Gasteiger partial charge in [0.05, 0.1) is 15.8 Å². The molecule has 0 aliphatic heterocycles. The Balaban J connectivity index is 2.49. The van der Waals surface area contributed by atoms with Crippen LogP contribution in [0.15, 0.2) is 34.8 Å². The monoisotopic (exact) mass is 322 g/mol. The van der Waals surface area contributed by atoms with Crippen LogP contribution in [0.3, 0.4) is 0 Å². The van der Waals surface area contributed by atoms with Crippen molar-refractivity contribution >= 4 is 33.0 Å². The number of aryl methyl sites for hydroxylation is 2. The third-order valence-electron chi connectivity index (χ3n) is 3.02. The van der Waals surface area contributed by atoms with E-state index in [0.717, 1.165) is 11.4 Å². The second-order valence-corrected chi connectivity index (χ2v) is 5.58. The third kappa shape index (κ3) is 2.89. The van der Waals surface area contributed by atoms with Crippen molar-refractivity contribution in [2.45, 2.75) is 13.8 Å². The van der Waals surface area contributed by atoms with Crippen LogP contribution in [0.25, 0.3) is 0 Å². The maximum Gasteiger partial charge on any atom is 0.139 e. The molecule has 0 amide bonds. The van der Waals surface area contributed by atoms with Crippen LogP contribution < -0.4 is 10.6 Å². The van der Waals surface area contributed by atoms with E-state index in [1.807, 2.05) is 25.8 Å². The Morgan fingerprint density at radius 1 is 1.05 bits per heavy atom. The van der Waals surface area contributed by atoms with E-state index >= 15 is 0 Å². The number of anilines is 3. The number of nitrogens with zero attached hydrogens (tertiary/aromatic N) is 1. The number of nitrogen functional groups attached to an aromatic ring is 1. The molecule has 0 saturated heterocycles. The maximum atomic E-state index is 13.4. The fourth-order valence-electron chi connectivity index (χ4n) is 2.13. The second-order valence-electron chi connectivity index (χ2n) is 4.73. The Hall–Kier alpha value is -1.55. The van der Waals surface area contributed by atoms with Crippen LogP contribution in [-0.4, -0.2) is 7.05 Å². The summed E-state index contributed by atoms with van der Waals surface area (Å²) in [5.74, 6) is -0.352. The van der Waals surface area contributed by atoms with Crippen LogP contribution in [0.1, 0.15) is 11.1 Å². The lowest BCUT2D eigenvalue weighted by atomic mass is 10.1. The second kappa shape index (κ2) is 5.21. The molecule has 4 heteroatoms. The summed E-state index contributed by atoms with van der Waals surface area (Å²) in [6, 6.07) is 9.29. The molecule has 0 bridgehead atoms. The van der Waals surface area contributed by atoms with Gasteiger partial charge in [-0.1, -0.05) is 6.07 Å². The molecular weight excluding hydrogens is 307 g/mol. The van der Waals surface area contributed by atoms with Gasteiger partial charge in [-0.15, -0.1) is 0 Å². The van der Waals surface area contributed by atoms with Crippen molar-refractivity contribution in [1.82, 2.24) is 0 Å². The zero-order valence-corrected chi connectivity index (χ0v) is 12.8. The van der Waals surface area contributed by atoms with E-state index in [-0.39, 0.29) is 5.82 Å². The van der Waals surface area contributed by atoms with E-state index in [4.69, 9.17) is 5.73 Å². The topological polar surface area (TPSA) is 29.3 Å². The molecule has 100 valence electrons. The van der Waals surface area contributed by atoms with Crippen LogP contribution in [0.2, 0.25) is 0 Å². The van der Waals surface area contributed by atoms with Gasteiger partial charge in [-0.3, -0.25) is 0 Å². The molecule has 0 spiro atoms. The van der Waals surface area contributed by atoms with E-state index in [9.17, 15) is 4.39 Å². The summed E-state index contributed by atoms with van der Waals surface area (Å²) in [6.07, 6.45) is 0. The standard InChI is InChI=1S/C15H16BrFN2/c1-9-4-10(2)6-11(5-9)19(3)15-7-12(16)13(17)8-14(15)18/h4-8H,18H2,1-3H3. The van der Waals surface area contributed by atoms with Crippen molar-refractivity contribution < 1.29 is 4.39 Å². The van der Waals surface area contributed by atoms with Crippen molar-refractivity contribution in [3.8, 4) is 0 Å². The SMILES string of the molecule is Cc1cc(C)cc(N(C)c2cc(Br)c(F)cc2N)c1. The Morgan fingerprint density at radius 3 is 2.21 bits per heavy atom. The molecule has 0 heterocycles. The molecule has 0 aliphatic carbocycles. The van der Waals surface area contributed by atoms with Gasteiger partial charge in [-0.05, 0) is 59.1 Å². The highest BCUT2D eigenvalue weighted by Gasteiger charge is 2.12. The number of nitrogens with two attached hydrogens (primary N) is 1. The van der Waals surface area contributed by atoms with Crippen LogP contribution >= 0.6 is 15.9 Å². The molecule has 2 N–H and O–H groups in total. The fourth-order valence-corrected chi connectivity index (χ4v) is 2.46. The van der Waals surface area contributed by atoms with Gasteiger partial charge in [0.25, 0.3) is 0 Å². The maximum absolute atomic E-state index is 13.4. The first-order valence-electron chi connectivity index (χ1n) is 5.95. The summed E-state index contributed by atoms with van der Waals surface area (Å²) in [7, 11) is 1.92. The zero-order valence-electron chi connectivity index (χ0n) is 11.2. The van der Waals surface area contributed by atoms with Gasteiger partial charge in [0.1, 0.15) is 5.82 Å². The molecule has 0 saturated carbocycles. The highest BCUT2D eigenvalue weighted by molar-refractivity contribution is 9.10. The van der Waals surface area contributed by atoms with Crippen molar-refractivity contribution in [2.24, 2.45) is 0 Å². The Kier molecular flexibility index (Phi) is 3.80. The number of hydrogen-bond donors (Lipinski definition) is 1. The molecule has 0 aliphatic rings. The summed E-state index contributed by atoms with van der Waals surface area (Å²) in [6.45, 7) is 4.10. The average molecular weight is 323 g/mol. The minimum atomic E-state index is -0.352. The third-order valence-corrected chi connectivity index (χ3v) is 3.63. The average Bonchev–Trinajstić information content (AvgIpc) is 2.31. The first-order chi connectivity index (χ1) is 8.88. The van der Waals surface area contributed by atoms with Crippen LogP contribution in [-0.2, 0) is 0 Å². The highest BCUT2D eigenvalue weighted by Crippen LogP contribution is 2.33. The van der Waals surface area contributed by atoms with Gasteiger partial charge < -0.3 is 10.6 Å². The summed E-state index contributed by atoms with van der Waals surface area (Å²) in [5, 5.41) is 0. The van der Waals surface area contributed by atoms with Crippen molar-refractivity contribution in [3.63, 3.8) is 0 Å². The van der Waals surface area contributed by atoms with E-state index in [2.05, 4.69) is 34.1 Å². The predicted molar refractivity (Wildman–Crippen MR) is 82.5 cm³/mol. The van der Waals surface area contributed by atoms with Gasteiger partial charge in [0.15, 0.2) is 0 Å². The van der Waals surface area contributed by atoms with Crippen LogP contribution in [0, 0.1) is 19.7 Å². The number of benzene rings is 2. The van der Waals surface area contributed by atoms with Gasteiger partial charge in [0, 0.05) is 18.8 Å². The molecule has 0 aromatic heterocycles. The van der Waals surface area contributed by atoms with Crippen LogP contribution in [0.4, 0.5) is 21.5 Å². The summed E-state index contributed by atoms with van der Waals surface area (Å²) >= 11 is 3.19. The molecule has 0 fully saturated rings. The largest absolute Gasteiger partial charge is 0.397 e. The van der Waals surface area contributed by atoms with E-state index in [0.29, 0.717) is 10.2 Å². The minimum absolute atomic E-state index is 0.352. The van der Waals surface area contributed by atoms with Gasteiger partial charge in [0.2, 0.25) is 0 Å². The molecule has 2 aromatic carbocycles. The molecular formula is C15H16BrFN2. The van der Waals surface area contributed by atoms with Crippen molar-refractivity contribution in [1.29, 1.82) is 0 Å². The fraction of sp³-hybridized carbons (Fsp3) is 0.200. The number of rotatable bonds is 2. The van der Waals surface area contributed by atoms with Crippen molar-refractivity contribution in [3.05, 3.63) is 51.7 Å². The van der Waals surface area contributed by atoms with E-state index < -0.39 is 0 Å². The lowest BCUT2D eigenvalue weighted by Gasteiger charge is -2.22. The Labute approximate surface area is 121 Å². The summed E-state index contributed by atoms with van der Waals surface area (Å²) in [5.41, 5.74) is 10.5. The van der Waals surface area contributed by atoms with E-state index in [1.54, 1.807) is 6.07 Å². The molecule has 0 atom stereocenters. The lowest BCUT2D eigenvalue weighted by molar-refractivity contribution is 0.622. The highest BCUT2D eigenvalue weighted by atomic mass is 79.9. The zero-order chi connectivity index (χ0) is 14.2. The number of hydrogen-bond acceptors (Lipinski definition) is 2.